The Morgan fingerprint density at radius 2 is 1.33 bits per heavy atom. The van der Waals surface area contributed by atoms with E-state index in [1.165, 1.54) is 25.1 Å². The number of hydrogen-bond donors (Lipinski definition) is 5. The molecule has 52 heavy (non-hydrogen) atoms. The third kappa shape index (κ3) is 8.22. The predicted molar refractivity (Wildman–Crippen MR) is 210 cm³/mol. The lowest BCUT2D eigenvalue weighted by Gasteiger charge is -2.21. The van der Waals surface area contributed by atoms with Gasteiger partial charge < -0.3 is 30.6 Å². The summed E-state index contributed by atoms with van der Waals surface area (Å²) in [6, 6.07) is 23.2. The molecule has 9 nitrogen and oxygen atoms in total. The van der Waals surface area contributed by atoms with Gasteiger partial charge >= 0.3 is 11.9 Å². The van der Waals surface area contributed by atoms with Gasteiger partial charge in [-0.25, -0.2) is 9.59 Å². The molecule has 0 aliphatic carbocycles. The molecule has 0 aliphatic heterocycles. The molecule has 0 fully saturated rings. The van der Waals surface area contributed by atoms with E-state index in [1.807, 2.05) is 18.3 Å². The molecule has 5 aromatic carbocycles. The van der Waals surface area contributed by atoms with Crippen LogP contribution < -0.4 is 5.32 Å². The van der Waals surface area contributed by atoms with E-state index in [0.717, 1.165) is 41.7 Å². The maximum Gasteiger partial charge on any atom is 0.339 e. The zero-order chi connectivity index (χ0) is 37.5. The van der Waals surface area contributed by atoms with Gasteiger partial charge in [0.15, 0.2) is 0 Å². The minimum absolute atomic E-state index is 0.0407. The molecule has 6 aromatic rings. The second kappa shape index (κ2) is 16.8. The van der Waals surface area contributed by atoms with Crippen molar-refractivity contribution in [1.82, 2.24) is 9.88 Å². The molecule has 0 saturated heterocycles. The number of carboxylic acid groups (broad SMARTS) is 2. The summed E-state index contributed by atoms with van der Waals surface area (Å²) < 4.78 is 0. The molecule has 0 spiro atoms. The summed E-state index contributed by atoms with van der Waals surface area (Å²) in [5, 5.41) is 48.3. The predicted octanol–water partition coefficient (Wildman–Crippen LogP) is 9.51. The van der Waals surface area contributed by atoms with Gasteiger partial charge in [0, 0.05) is 40.9 Å². The highest BCUT2D eigenvalue weighted by molar-refractivity contribution is 6.35. The summed E-state index contributed by atoms with van der Waals surface area (Å²) in [7, 11) is 0. The number of phenols is 2. The number of rotatable bonds is 12. The molecule has 1 aromatic heterocycles. The number of anilines is 1. The molecule has 270 valence electrons. The number of benzene rings is 5. The van der Waals surface area contributed by atoms with E-state index < -0.39 is 23.4 Å². The van der Waals surface area contributed by atoms with E-state index >= 15 is 0 Å². The van der Waals surface area contributed by atoms with E-state index in [4.69, 9.17) is 11.6 Å². The molecule has 0 amide bonds. The number of fused-ring (bicyclic) bond motifs is 3. The van der Waals surface area contributed by atoms with Crippen LogP contribution in [0.1, 0.15) is 71.0 Å². The number of hydrogen-bond acceptors (Lipinski definition) is 7. The highest BCUT2D eigenvalue weighted by Crippen LogP contribution is 2.39. The minimum atomic E-state index is -1.28. The monoisotopic (exact) mass is 721 g/mol. The van der Waals surface area contributed by atoms with E-state index in [1.54, 1.807) is 48.5 Å². The van der Waals surface area contributed by atoms with Crippen molar-refractivity contribution in [1.29, 1.82) is 0 Å². The molecule has 6 rings (SSSR count). The van der Waals surface area contributed by atoms with Crippen molar-refractivity contribution in [2.24, 2.45) is 0 Å². The Kier molecular flexibility index (Phi) is 12.2. The van der Waals surface area contributed by atoms with Crippen LogP contribution in [-0.2, 0) is 6.42 Å². The van der Waals surface area contributed by atoms with E-state index in [0.29, 0.717) is 43.7 Å². The molecule has 0 bridgehead atoms. The van der Waals surface area contributed by atoms with Gasteiger partial charge in [-0.2, -0.15) is 0 Å². The van der Waals surface area contributed by atoms with Crippen LogP contribution in [0, 0.1) is 6.92 Å². The Bertz CT molecular complexity index is 2150. The molecule has 1 unspecified atom stereocenters. The Labute approximate surface area is 308 Å². The van der Waals surface area contributed by atoms with Gasteiger partial charge in [0.05, 0.1) is 10.5 Å². The van der Waals surface area contributed by atoms with Crippen LogP contribution in [0.5, 0.6) is 11.5 Å². The number of halogens is 1. The first kappa shape index (κ1) is 37.9. The first-order chi connectivity index (χ1) is 24.9. The second-order valence-electron chi connectivity index (χ2n) is 12.9. The fraction of sp³-hybridized carbons (Fsp3) is 0.262. The number of aryl methyl sites for hydroxylation is 1. The summed E-state index contributed by atoms with van der Waals surface area (Å²) >= 11 is 6.27. The number of nitrogens with zero attached hydrogens (tertiary/aromatic N) is 2. The van der Waals surface area contributed by atoms with E-state index in [2.05, 4.69) is 49.0 Å². The van der Waals surface area contributed by atoms with Gasteiger partial charge in [-0.3, -0.25) is 4.98 Å². The summed E-state index contributed by atoms with van der Waals surface area (Å²) in [6.45, 7) is 12.2. The number of pyridine rings is 1. The van der Waals surface area contributed by atoms with Crippen LogP contribution in [0.25, 0.3) is 32.4 Å². The van der Waals surface area contributed by atoms with Gasteiger partial charge in [0.2, 0.25) is 0 Å². The van der Waals surface area contributed by atoms with Gasteiger partial charge in [-0.15, -0.1) is 0 Å². The summed E-state index contributed by atoms with van der Waals surface area (Å²) in [5.41, 5.74) is 3.31. The lowest BCUT2D eigenvalue weighted by molar-refractivity contribution is 0.0682. The Balaban J connectivity index is 0.000000207. The van der Waals surface area contributed by atoms with Crippen molar-refractivity contribution in [2.75, 3.05) is 25.0 Å². The third-order valence-corrected chi connectivity index (χ3v) is 9.81. The number of carbonyl (C=O) groups is 2. The Morgan fingerprint density at radius 1 is 0.808 bits per heavy atom. The first-order valence-electron chi connectivity index (χ1n) is 17.4. The molecule has 0 radical (unpaired) electrons. The quantitative estimate of drug-likeness (QED) is 0.0835. The van der Waals surface area contributed by atoms with Crippen LogP contribution in [-0.4, -0.2) is 67.9 Å². The van der Waals surface area contributed by atoms with Gasteiger partial charge in [0.25, 0.3) is 0 Å². The van der Waals surface area contributed by atoms with Crippen LogP contribution in [0.15, 0.2) is 85.1 Å². The highest BCUT2D eigenvalue weighted by Gasteiger charge is 2.22. The third-order valence-electron chi connectivity index (χ3n) is 9.50. The maximum atomic E-state index is 11.6. The molecule has 0 aliphatic rings. The van der Waals surface area contributed by atoms with E-state index in [-0.39, 0.29) is 17.5 Å². The summed E-state index contributed by atoms with van der Waals surface area (Å²) in [4.78, 5) is 30.2. The fourth-order valence-electron chi connectivity index (χ4n) is 6.64. The maximum absolute atomic E-state index is 11.6. The van der Waals surface area contributed by atoms with Crippen LogP contribution in [0.4, 0.5) is 5.69 Å². The number of carboxylic acids is 2. The van der Waals surface area contributed by atoms with Crippen LogP contribution >= 0.6 is 11.6 Å². The average Bonchev–Trinajstić information content (AvgIpc) is 3.13. The number of nitrogens with one attached hydrogen (secondary N) is 1. The van der Waals surface area contributed by atoms with Gasteiger partial charge in [-0.1, -0.05) is 86.1 Å². The van der Waals surface area contributed by atoms with Crippen LogP contribution in [0.2, 0.25) is 5.02 Å². The van der Waals surface area contributed by atoms with Crippen molar-refractivity contribution in [2.45, 2.75) is 53.0 Å². The topological polar surface area (TPSA) is 143 Å². The Morgan fingerprint density at radius 3 is 1.85 bits per heavy atom. The minimum Gasteiger partial charge on any atom is -0.507 e. The molecule has 1 heterocycles. The fourth-order valence-corrected chi connectivity index (χ4v) is 6.87. The zero-order valence-corrected chi connectivity index (χ0v) is 30.5. The number of aromatic nitrogens is 1. The van der Waals surface area contributed by atoms with Gasteiger partial charge in [0.1, 0.15) is 22.6 Å². The number of aromatic carboxylic acids is 2. The second-order valence-corrected chi connectivity index (χ2v) is 13.3. The standard InChI is InChI=1S/C23H16O6.C19H28ClN3/c24-20-16(14-7-3-1-5-12(14)9-18(20)22(26)27)11-17-15-8-4-2-6-13(15)10-19(21(17)25)23(28)29;1-5-23(6-2)12-8-9-15(4)22-18-14(3)13-21-19-16(18)10-7-11-17(19)20/h1-10,24-25H,11H2,(H,26,27)(H,28,29);7,10-11,13,15H,5-6,8-9,12H2,1-4H3,(H,21,22). The smallest absolute Gasteiger partial charge is 0.339 e. The number of aromatic hydroxyl groups is 2. The van der Waals surface area contributed by atoms with E-state index in [9.17, 15) is 30.0 Å². The molecule has 1 atom stereocenters. The number of para-hydroxylation sites is 1. The SMILES string of the molecule is CCN(CC)CCCC(C)Nc1c(C)cnc2c(Cl)cccc12.O=C(O)c1cc2ccccc2c(Cc2c(O)c(C(=O)O)cc3ccccc23)c1O. The molecule has 5 N–H and O–H groups in total. The zero-order valence-electron chi connectivity index (χ0n) is 29.8. The lowest BCUT2D eigenvalue weighted by Crippen LogP contribution is -2.25. The molecular weight excluding hydrogens is 678 g/mol. The molecule has 10 heteroatoms. The largest absolute Gasteiger partial charge is 0.507 e. The normalized spacial score (nSPS) is 11.8. The summed E-state index contributed by atoms with van der Waals surface area (Å²) in [6.07, 6.45) is 4.22. The van der Waals surface area contributed by atoms with Crippen LogP contribution in [0.3, 0.4) is 0 Å². The van der Waals surface area contributed by atoms with Crippen molar-refractivity contribution in [3.05, 3.63) is 118 Å². The average molecular weight is 722 g/mol. The first-order valence-corrected chi connectivity index (χ1v) is 17.8. The lowest BCUT2D eigenvalue weighted by atomic mass is 9.90. The molecular formula is C42H44ClN3O6. The van der Waals surface area contributed by atoms with Crippen molar-refractivity contribution < 1.29 is 30.0 Å². The molecule has 0 saturated carbocycles. The summed E-state index contributed by atoms with van der Waals surface area (Å²) in [5.74, 6) is -3.36. The highest BCUT2D eigenvalue weighted by atomic mass is 35.5. The Hall–Kier alpha value is -5.38. The van der Waals surface area contributed by atoms with Crippen molar-refractivity contribution in [3.8, 4) is 11.5 Å². The van der Waals surface area contributed by atoms with Crippen molar-refractivity contribution in [3.63, 3.8) is 0 Å². The van der Waals surface area contributed by atoms with Crippen molar-refractivity contribution >= 4 is 61.7 Å². The van der Waals surface area contributed by atoms with Gasteiger partial charge in [-0.05, 0) is 91.6 Å².